The maximum atomic E-state index is 14.4. The second-order valence-corrected chi connectivity index (χ2v) is 17.6. The van der Waals surface area contributed by atoms with Crippen LogP contribution in [0.4, 0.5) is 5.69 Å². The van der Waals surface area contributed by atoms with E-state index in [1.54, 1.807) is 24.1 Å². The van der Waals surface area contributed by atoms with Crippen molar-refractivity contribution in [2.24, 2.45) is 29.2 Å². The van der Waals surface area contributed by atoms with E-state index in [4.69, 9.17) is 21.1 Å². The normalized spacial score (nSPS) is 32.3. The fraction of sp³-hybridized carbons (Fsp3) is 0.513. The molecule has 10 nitrogen and oxygen atoms in total. The number of hydrogen-bond donors (Lipinski definition) is 1. The predicted octanol–water partition coefficient (Wildman–Crippen LogP) is 6.38. The highest BCUT2D eigenvalue weighted by molar-refractivity contribution is 7.92. The molecule has 51 heavy (non-hydrogen) atoms. The van der Waals surface area contributed by atoms with Crippen LogP contribution in [0.3, 0.4) is 0 Å². The molecular weight excluding hydrogens is 686 g/mol. The van der Waals surface area contributed by atoms with E-state index in [-0.39, 0.29) is 35.0 Å². The highest BCUT2D eigenvalue weighted by Crippen LogP contribution is 2.48. The number of nitrogens with zero attached hydrogens (tertiary/aromatic N) is 4. The zero-order valence-corrected chi connectivity index (χ0v) is 30.8. The first kappa shape index (κ1) is 34.4. The first-order valence-electron chi connectivity index (χ1n) is 18.2. The maximum Gasteiger partial charge on any atom is 0.286 e. The first-order chi connectivity index (χ1) is 24.6. The maximum absolute atomic E-state index is 14.4. The number of methoxy groups -OCH3 is 1. The third-order valence-electron chi connectivity index (χ3n) is 11.9. The first-order valence-corrected chi connectivity index (χ1v) is 20.3. The summed E-state index contributed by atoms with van der Waals surface area (Å²) < 4.78 is 35.9. The number of halogens is 1. The second-order valence-electron chi connectivity index (χ2n) is 15.1. The summed E-state index contributed by atoms with van der Waals surface area (Å²) in [5.41, 5.74) is 4.42. The minimum Gasteiger partial charge on any atom is -0.490 e. The van der Waals surface area contributed by atoms with Crippen molar-refractivity contribution in [3.63, 3.8) is 0 Å². The Kier molecular flexibility index (Phi) is 9.25. The zero-order chi connectivity index (χ0) is 35.3. The van der Waals surface area contributed by atoms with Crippen LogP contribution in [0.2, 0.25) is 5.02 Å². The van der Waals surface area contributed by atoms with Gasteiger partial charge in [-0.25, -0.2) is 4.21 Å². The van der Waals surface area contributed by atoms with Crippen LogP contribution in [0.5, 0.6) is 5.75 Å². The standard InChI is InChI=1S/C39H46ClN5O5S/c1-44-33(15-17-41-44)30-21-31(30)38(47)43-51(48)18-5-3-4-8-35(49-2)29-12-9-27(29)22-45-23-39(16-6-7-25-19-28(40)11-13-32(25)39)24-50-36-14-10-26(20-34(36)45)37(46)42-51/h4,8,10-11,13-15,17,19-20,27,29-31,35H,3,5-7,9,12,16,18,21-24H2,1-2H3,(H,42,43,46,47,48)/b8-4+/t27-,29+,30+,31+,35-,39-,51-/m0/s1. The summed E-state index contributed by atoms with van der Waals surface area (Å²) in [5, 5.41) is 4.98. The van der Waals surface area contributed by atoms with Crippen molar-refractivity contribution in [3.05, 3.63) is 88.2 Å². The van der Waals surface area contributed by atoms with E-state index in [1.165, 1.54) is 11.1 Å². The number of benzene rings is 2. The van der Waals surface area contributed by atoms with Crippen molar-refractivity contribution in [1.29, 1.82) is 0 Å². The predicted molar refractivity (Wildman–Crippen MR) is 198 cm³/mol. The summed E-state index contributed by atoms with van der Waals surface area (Å²) in [5.74, 6) is 0.245. The third kappa shape index (κ3) is 6.73. The molecule has 2 fully saturated rings. The third-order valence-corrected chi connectivity index (χ3v) is 13.9. The van der Waals surface area contributed by atoms with E-state index in [0.717, 1.165) is 61.6 Å². The van der Waals surface area contributed by atoms with Gasteiger partial charge in [0.05, 0.1) is 24.2 Å². The van der Waals surface area contributed by atoms with Gasteiger partial charge in [0.25, 0.3) is 5.91 Å². The lowest BCUT2D eigenvalue weighted by molar-refractivity contribution is -0.120. The minimum atomic E-state index is -3.42. The SMILES string of the molecule is CO[C@H]1/C=C/CCC[S@@](=O)(NC(=O)[C@@H]2C[C@H]2c2ccnn2C)=NC(=O)c2ccc3c(c2)N(C[C@@H]2CC[C@H]21)C[C@@]1(CCCc2cc(Cl)ccc21)CO3. The minimum absolute atomic E-state index is 0.00129. The quantitative estimate of drug-likeness (QED) is 0.310. The molecule has 5 aliphatic rings. The molecule has 12 heteroatoms. The number of hydrogen-bond acceptors (Lipinski definition) is 7. The summed E-state index contributed by atoms with van der Waals surface area (Å²) >= 11 is 6.46. The number of carbonyl (C=O) groups excluding carboxylic acids is 2. The van der Waals surface area contributed by atoms with Crippen LogP contribution < -0.4 is 14.4 Å². The number of aromatic nitrogens is 2. The molecule has 2 amide bonds. The average molecular weight is 732 g/mol. The summed E-state index contributed by atoms with van der Waals surface area (Å²) in [4.78, 5) is 29.8. The van der Waals surface area contributed by atoms with E-state index in [1.807, 2.05) is 31.3 Å². The average Bonchev–Trinajstić information content (AvgIpc) is 3.81. The van der Waals surface area contributed by atoms with Crippen LogP contribution in [-0.4, -0.2) is 64.5 Å². The summed E-state index contributed by atoms with van der Waals surface area (Å²) in [6, 6.07) is 13.5. The summed E-state index contributed by atoms with van der Waals surface area (Å²) in [6.07, 6.45) is 12.8. The van der Waals surface area contributed by atoms with Crippen LogP contribution in [-0.2, 0) is 38.3 Å². The lowest BCUT2D eigenvalue weighted by atomic mass is 9.68. The molecule has 1 spiro atoms. The van der Waals surface area contributed by atoms with E-state index in [9.17, 15) is 13.8 Å². The molecule has 1 N–H and O–H groups in total. The number of aryl methyl sites for hydroxylation is 2. The lowest BCUT2D eigenvalue weighted by Crippen LogP contribution is -2.49. The van der Waals surface area contributed by atoms with Crippen molar-refractivity contribution in [1.82, 2.24) is 14.5 Å². The Morgan fingerprint density at radius 1 is 1.16 bits per heavy atom. The van der Waals surface area contributed by atoms with Gasteiger partial charge in [0.2, 0.25) is 5.91 Å². The van der Waals surface area contributed by atoms with Gasteiger partial charge in [-0.1, -0.05) is 29.8 Å². The summed E-state index contributed by atoms with van der Waals surface area (Å²) in [6.45, 7) is 2.04. The number of amides is 2. The molecule has 270 valence electrons. The van der Waals surface area contributed by atoms with Gasteiger partial charge in [0.1, 0.15) is 15.7 Å². The van der Waals surface area contributed by atoms with Crippen molar-refractivity contribution < 1.29 is 23.3 Å². The number of rotatable bonds is 4. The fourth-order valence-corrected chi connectivity index (χ4v) is 10.7. The monoisotopic (exact) mass is 731 g/mol. The Bertz CT molecular complexity index is 2000. The molecule has 3 aromatic rings. The van der Waals surface area contributed by atoms with Gasteiger partial charge in [-0.15, -0.1) is 4.36 Å². The number of fused-ring (bicyclic) bond motifs is 4. The van der Waals surface area contributed by atoms with Gasteiger partial charge in [0.15, 0.2) is 0 Å². The lowest BCUT2D eigenvalue weighted by Gasteiger charge is -2.46. The number of carbonyl (C=O) groups is 2. The number of anilines is 1. The van der Waals surface area contributed by atoms with Crippen molar-refractivity contribution >= 4 is 39.0 Å². The van der Waals surface area contributed by atoms with E-state index >= 15 is 0 Å². The second kappa shape index (κ2) is 13.7. The molecule has 7 atom stereocenters. The molecular formula is C39H46ClN5O5S. The van der Waals surface area contributed by atoms with Crippen molar-refractivity contribution in [2.45, 2.75) is 68.8 Å². The number of allylic oxidation sites excluding steroid dienone is 1. The molecule has 3 heterocycles. The van der Waals surface area contributed by atoms with E-state index in [0.29, 0.717) is 49.0 Å². The van der Waals surface area contributed by atoms with Crippen molar-refractivity contribution in [2.75, 3.05) is 37.5 Å². The Morgan fingerprint density at radius 3 is 2.82 bits per heavy atom. The van der Waals surface area contributed by atoms with Gasteiger partial charge in [-0.2, -0.15) is 5.10 Å². The van der Waals surface area contributed by atoms with Crippen LogP contribution in [0.25, 0.3) is 0 Å². The highest BCUT2D eigenvalue weighted by Gasteiger charge is 2.47. The van der Waals surface area contributed by atoms with Crippen LogP contribution in [0.15, 0.2) is 65.2 Å². The Balaban J connectivity index is 1.15. The zero-order valence-electron chi connectivity index (χ0n) is 29.3. The summed E-state index contributed by atoms with van der Waals surface area (Å²) in [7, 11) is 0.202. The molecule has 3 aliphatic carbocycles. The van der Waals surface area contributed by atoms with Crippen LogP contribution >= 0.6 is 11.6 Å². The van der Waals surface area contributed by atoms with E-state index in [2.05, 4.69) is 43.4 Å². The molecule has 2 aliphatic heterocycles. The molecule has 0 saturated heterocycles. The van der Waals surface area contributed by atoms with Crippen LogP contribution in [0.1, 0.15) is 78.0 Å². The number of ether oxygens (including phenoxy) is 2. The number of nitrogens with one attached hydrogen (secondary N) is 1. The Labute approximate surface area is 305 Å². The van der Waals surface area contributed by atoms with Gasteiger partial charge < -0.3 is 14.4 Å². The van der Waals surface area contributed by atoms with Gasteiger partial charge in [0, 0.05) is 67.0 Å². The van der Waals surface area contributed by atoms with E-state index < -0.39 is 15.8 Å². The van der Waals surface area contributed by atoms with Gasteiger partial charge in [-0.3, -0.25) is 19.0 Å². The topological polar surface area (TPSA) is 115 Å². The van der Waals surface area contributed by atoms with Gasteiger partial charge >= 0.3 is 0 Å². The highest BCUT2D eigenvalue weighted by atomic mass is 35.5. The molecule has 2 bridgehead atoms. The Morgan fingerprint density at radius 2 is 2.04 bits per heavy atom. The molecule has 0 unspecified atom stereocenters. The fourth-order valence-electron chi connectivity index (χ4n) is 8.91. The van der Waals surface area contributed by atoms with Crippen LogP contribution in [0, 0.1) is 17.8 Å². The largest absolute Gasteiger partial charge is 0.490 e. The smallest absolute Gasteiger partial charge is 0.286 e. The molecule has 8 rings (SSSR count). The molecule has 2 saturated carbocycles. The Hall–Kier alpha value is -3.67. The molecule has 0 radical (unpaired) electrons. The molecule has 1 aromatic heterocycles. The molecule has 2 aromatic carbocycles. The van der Waals surface area contributed by atoms with Gasteiger partial charge in [-0.05, 0) is 111 Å². The van der Waals surface area contributed by atoms with Crippen molar-refractivity contribution in [3.8, 4) is 5.75 Å².